The van der Waals surface area contributed by atoms with E-state index in [0.717, 1.165) is 12.1 Å². The largest absolute Gasteiger partial charge is 0.490 e. The zero-order chi connectivity index (χ0) is 18.7. The smallest absolute Gasteiger partial charge is 0.265 e. The highest BCUT2D eigenvalue weighted by atomic mass is 32.2. The number of rotatable bonds is 6. The van der Waals surface area contributed by atoms with Crippen LogP contribution in [-0.2, 0) is 10.0 Å². The number of halogens is 1. The highest BCUT2D eigenvalue weighted by Crippen LogP contribution is 2.28. The number of benzene rings is 2. The molecule has 0 atom stereocenters. The molecule has 0 aliphatic rings. The van der Waals surface area contributed by atoms with Crippen LogP contribution in [0.25, 0.3) is 11.4 Å². The van der Waals surface area contributed by atoms with Gasteiger partial charge in [-0.1, -0.05) is 0 Å². The van der Waals surface area contributed by atoms with E-state index in [0.29, 0.717) is 17.1 Å². The zero-order valence-electron chi connectivity index (χ0n) is 14.0. The van der Waals surface area contributed by atoms with Crippen LogP contribution < -0.4 is 9.46 Å². The number of nitrogens with one attached hydrogen (secondary N) is 2. The van der Waals surface area contributed by atoms with Crippen molar-refractivity contribution in [3.8, 4) is 17.1 Å². The van der Waals surface area contributed by atoms with Crippen molar-refractivity contribution in [3.05, 3.63) is 48.3 Å². The fraction of sp³-hybridized carbons (Fsp3) is 0.188. The number of hydrogen-bond donors (Lipinski definition) is 2. The van der Waals surface area contributed by atoms with Crippen molar-refractivity contribution in [1.29, 1.82) is 0 Å². The molecule has 1 heterocycles. The van der Waals surface area contributed by atoms with E-state index in [1.165, 1.54) is 6.07 Å². The maximum absolute atomic E-state index is 13.6. The molecular formula is C16H16FN5O3S. The van der Waals surface area contributed by atoms with Gasteiger partial charge >= 0.3 is 0 Å². The van der Waals surface area contributed by atoms with E-state index in [4.69, 9.17) is 4.74 Å². The first kappa shape index (κ1) is 17.8. The number of hydrogen-bond acceptors (Lipinski definition) is 6. The van der Waals surface area contributed by atoms with Crippen molar-refractivity contribution in [2.24, 2.45) is 0 Å². The first-order valence-corrected chi connectivity index (χ1v) is 9.16. The quantitative estimate of drug-likeness (QED) is 0.683. The first-order valence-electron chi connectivity index (χ1n) is 7.68. The summed E-state index contributed by atoms with van der Waals surface area (Å²) in [5.74, 6) is -0.205. The van der Waals surface area contributed by atoms with Crippen LogP contribution >= 0.6 is 0 Å². The monoisotopic (exact) mass is 377 g/mol. The Morgan fingerprint density at radius 3 is 2.50 bits per heavy atom. The second-order valence-corrected chi connectivity index (χ2v) is 7.33. The molecule has 0 spiro atoms. The minimum Gasteiger partial charge on any atom is -0.490 e. The van der Waals surface area contributed by atoms with E-state index in [9.17, 15) is 12.8 Å². The van der Waals surface area contributed by atoms with Gasteiger partial charge in [0.05, 0.1) is 6.10 Å². The minimum atomic E-state index is -4.04. The molecule has 0 aliphatic heterocycles. The van der Waals surface area contributed by atoms with Gasteiger partial charge < -0.3 is 4.74 Å². The van der Waals surface area contributed by atoms with Crippen molar-refractivity contribution < 1.29 is 17.5 Å². The lowest BCUT2D eigenvalue weighted by Crippen LogP contribution is -2.16. The standard InChI is InChI=1S/C16H16FN5O3S/c1-10(2)25-14-8-5-12(17)9-15(14)26(23,24)20-13-6-3-11(4-7-13)16-18-21-22-19-16/h3-10,20H,1-2H3,(H,18,19,21,22). The lowest BCUT2D eigenvalue weighted by Gasteiger charge is -2.15. The Bertz CT molecular complexity index is 989. The maximum atomic E-state index is 13.6. The van der Waals surface area contributed by atoms with E-state index in [-0.39, 0.29) is 16.7 Å². The van der Waals surface area contributed by atoms with E-state index in [1.54, 1.807) is 38.1 Å². The molecule has 0 bridgehead atoms. The Hall–Kier alpha value is -3.01. The summed E-state index contributed by atoms with van der Waals surface area (Å²) >= 11 is 0. The van der Waals surface area contributed by atoms with E-state index in [1.807, 2.05) is 0 Å². The first-order chi connectivity index (χ1) is 12.3. The summed E-state index contributed by atoms with van der Waals surface area (Å²) in [6, 6.07) is 9.74. The van der Waals surface area contributed by atoms with Gasteiger partial charge in [-0.15, -0.1) is 10.2 Å². The Morgan fingerprint density at radius 1 is 1.15 bits per heavy atom. The molecule has 0 fully saturated rings. The minimum absolute atomic E-state index is 0.0808. The molecule has 1 aromatic heterocycles. The van der Waals surface area contributed by atoms with Gasteiger partial charge in [-0.25, -0.2) is 12.8 Å². The third kappa shape index (κ3) is 3.97. The number of sulfonamides is 1. The van der Waals surface area contributed by atoms with Gasteiger partial charge in [0, 0.05) is 11.3 Å². The molecule has 10 heteroatoms. The van der Waals surface area contributed by atoms with Crippen molar-refractivity contribution in [1.82, 2.24) is 20.6 Å². The van der Waals surface area contributed by atoms with Crippen LogP contribution in [0.5, 0.6) is 5.75 Å². The van der Waals surface area contributed by atoms with Gasteiger partial charge in [0.15, 0.2) is 0 Å². The molecule has 0 unspecified atom stereocenters. The number of aromatic nitrogens is 4. The third-order valence-electron chi connectivity index (χ3n) is 3.30. The van der Waals surface area contributed by atoms with Gasteiger partial charge in [-0.3, -0.25) is 4.72 Å². The lowest BCUT2D eigenvalue weighted by atomic mass is 10.2. The van der Waals surface area contributed by atoms with Crippen LogP contribution in [0.1, 0.15) is 13.8 Å². The Morgan fingerprint density at radius 2 is 1.88 bits per heavy atom. The molecular weight excluding hydrogens is 361 g/mol. The molecule has 2 aromatic carbocycles. The molecule has 0 saturated heterocycles. The van der Waals surface area contributed by atoms with Crippen molar-refractivity contribution in [3.63, 3.8) is 0 Å². The summed E-state index contributed by atoms with van der Waals surface area (Å²) in [5, 5.41) is 13.5. The summed E-state index contributed by atoms with van der Waals surface area (Å²) in [4.78, 5) is -0.270. The van der Waals surface area contributed by atoms with Gasteiger partial charge in [0.2, 0.25) is 5.82 Å². The highest BCUT2D eigenvalue weighted by Gasteiger charge is 2.21. The molecule has 136 valence electrons. The second kappa shape index (κ2) is 7.08. The van der Waals surface area contributed by atoms with Crippen molar-refractivity contribution in [2.75, 3.05) is 4.72 Å². The molecule has 0 amide bonds. The lowest BCUT2D eigenvalue weighted by molar-refractivity contribution is 0.235. The number of nitrogens with zero attached hydrogens (tertiary/aromatic N) is 3. The van der Waals surface area contributed by atoms with Gasteiger partial charge in [0.1, 0.15) is 16.5 Å². The van der Waals surface area contributed by atoms with Crippen molar-refractivity contribution >= 4 is 15.7 Å². The zero-order valence-corrected chi connectivity index (χ0v) is 14.8. The van der Waals surface area contributed by atoms with Gasteiger partial charge in [-0.05, 0) is 61.5 Å². The van der Waals surface area contributed by atoms with Crippen LogP contribution in [0.3, 0.4) is 0 Å². The van der Waals surface area contributed by atoms with Gasteiger partial charge in [-0.2, -0.15) is 5.21 Å². The van der Waals surface area contributed by atoms with Gasteiger partial charge in [0.25, 0.3) is 10.0 Å². The van der Waals surface area contributed by atoms with Crippen LogP contribution in [-0.4, -0.2) is 35.1 Å². The average Bonchev–Trinajstić information content (AvgIpc) is 3.11. The third-order valence-corrected chi connectivity index (χ3v) is 4.70. The number of H-pyrrole nitrogens is 1. The van der Waals surface area contributed by atoms with Crippen LogP contribution in [0.15, 0.2) is 47.4 Å². The van der Waals surface area contributed by atoms with E-state index in [2.05, 4.69) is 25.3 Å². The summed E-state index contributed by atoms with van der Waals surface area (Å²) in [6.07, 6.45) is -0.261. The van der Waals surface area contributed by atoms with Crippen LogP contribution in [0, 0.1) is 5.82 Å². The molecule has 3 aromatic rings. The van der Waals surface area contributed by atoms with Crippen LogP contribution in [0.4, 0.5) is 10.1 Å². The van der Waals surface area contributed by atoms with Crippen LogP contribution in [0.2, 0.25) is 0 Å². The molecule has 0 radical (unpaired) electrons. The molecule has 26 heavy (non-hydrogen) atoms. The van der Waals surface area contributed by atoms with Crippen molar-refractivity contribution in [2.45, 2.75) is 24.8 Å². The fourth-order valence-electron chi connectivity index (χ4n) is 2.22. The molecule has 2 N–H and O–H groups in total. The number of ether oxygens (including phenoxy) is 1. The number of anilines is 1. The Labute approximate surface area is 149 Å². The number of tetrazole rings is 1. The van der Waals surface area contributed by atoms with E-state index >= 15 is 0 Å². The van der Waals surface area contributed by atoms with E-state index < -0.39 is 15.8 Å². The predicted octanol–water partition coefficient (Wildman–Crippen LogP) is 2.59. The maximum Gasteiger partial charge on any atom is 0.265 e. The summed E-state index contributed by atoms with van der Waals surface area (Å²) in [7, 11) is -4.04. The predicted molar refractivity (Wildman–Crippen MR) is 92.6 cm³/mol. The average molecular weight is 377 g/mol. The number of aromatic amines is 1. The summed E-state index contributed by atoms with van der Waals surface area (Å²) in [6.45, 7) is 3.51. The second-order valence-electron chi connectivity index (χ2n) is 5.68. The molecule has 0 aliphatic carbocycles. The molecule has 8 nitrogen and oxygen atoms in total. The highest BCUT2D eigenvalue weighted by molar-refractivity contribution is 7.92. The fourth-order valence-corrected chi connectivity index (χ4v) is 3.43. The summed E-state index contributed by atoms with van der Waals surface area (Å²) < 4.78 is 46.8. The molecule has 3 rings (SSSR count). The topological polar surface area (TPSA) is 110 Å². The summed E-state index contributed by atoms with van der Waals surface area (Å²) in [5.41, 5.74) is 0.966. The Balaban J connectivity index is 1.88. The SMILES string of the molecule is CC(C)Oc1ccc(F)cc1S(=O)(=O)Nc1ccc(-c2nn[nH]n2)cc1. The normalized spacial score (nSPS) is 11.5. The molecule has 0 saturated carbocycles. The Kier molecular flexibility index (Phi) is 4.85.